The van der Waals surface area contributed by atoms with Crippen molar-refractivity contribution in [1.82, 2.24) is 4.31 Å². The summed E-state index contributed by atoms with van der Waals surface area (Å²) in [6, 6.07) is 6.54. The van der Waals surface area contributed by atoms with Crippen LogP contribution in [0.2, 0.25) is 0 Å². The maximum absolute atomic E-state index is 12.8. The molecule has 0 N–H and O–H groups in total. The van der Waals surface area contributed by atoms with E-state index >= 15 is 0 Å². The van der Waals surface area contributed by atoms with Crippen LogP contribution in [0.4, 0.5) is 0 Å². The maximum atomic E-state index is 12.8. The van der Waals surface area contributed by atoms with Gasteiger partial charge < -0.3 is 4.74 Å². The first kappa shape index (κ1) is 14.5. The van der Waals surface area contributed by atoms with Gasteiger partial charge >= 0.3 is 5.97 Å². The molecular weight excluding hydrogens is 290 g/mol. The van der Waals surface area contributed by atoms with Gasteiger partial charge in [-0.3, -0.25) is 4.79 Å². The van der Waals surface area contributed by atoms with Gasteiger partial charge in [-0.15, -0.1) is 0 Å². The average Bonchev–Trinajstić information content (AvgIpc) is 3.05. The predicted octanol–water partition coefficient (Wildman–Crippen LogP) is 2.24. The van der Waals surface area contributed by atoms with E-state index in [-0.39, 0.29) is 18.4 Å². The van der Waals surface area contributed by atoms with E-state index in [9.17, 15) is 13.2 Å². The molecule has 114 valence electrons. The van der Waals surface area contributed by atoms with Crippen molar-refractivity contribution in [3.05, 3.63) is 29.8 Å². The molecule has 0 saturated heterocycles. The van der Waals surface area contributed by atoms with E-state index in [1.807, 2.05) is 6.07 Å². The molecular formula is C15H19NO4S. The van der Waals surface area contributed by atoms with Crippen molar-refractivity contribution in [3.8, 4) is 0 Å². The van der Waals surface area contributed by atoms with Gasteiger partial charge in [-0.2, -0.15) is 4.31 Å². The number of methoxy groups -OCH3 is 1. The van der Waals surface area contributed by atoms with Crippen molar-refractivity contribution in [1.29, 1.82) is 0 Å². The minimum Gasteiger partial charge on any atom is -0.469 e. The van der Waals surface area contributed by atoms with Crippen molar-refractivity contribution < 1.29 is 17.9 Å². The number of hydrogen-bond donors (Lipinski definition) is 0. The molecule has 0 amide bonds. The number of esters is 1. The van der Waals surface area contributed by atoms with Crippen molar-refractivity contribution >= 4 is 16.0 Å². The van der Waals surface area contributed by atoms with Crippen molar-refractivity contribution in [3.63, 3.8) is 0 Å². The molecule has 0 aromatic heterocycles. The van der Waals surface area contributed by atoms with E-state index in [4.69, 9.17) is 4.74 Å². The lowest BCUT2D eigenvalue weighted by molar-refractivity contribution is -0.141. The summed E-state index contributed by atoms with van der Waals surface area (Å²) in [6.45, 7) is 0. The topological polar surface area (TPSA) is 63.7 Å². The Morgan fingerprint density at radius 3 is 2.62 bits per heavy atom. The molecule has 1 atom stereocenters. The van der Waals surface area contributed by atoms with Gasteiger partial charge in [-0.1, -0.05) is 31.0 Å². The van der Waals surface area contributed by atoms with Gasteiger partial charge in [0.15, 0.2) is 0 Å². The van der Waals surface area contributed by atoms with Crippen LogP contribution < -0.4 is 0 Å². The summed E-state index contributed by atoms with van der Waals surface area (Å²) in [7, 11) is -2.18. The summed E-state index contributed by atoms with van der Waals surface area (Å²) in [5.41, 5.74) is 0.717. The third-order valence-electron chi connectivity index (χ3n) is 4.41. The number of nitrogens with zero attached hydrogens (tertiary/aromatic N) is 1. The molecule has 0 spiro atoms. The van der Waals surface area contributed by atoms with Gasteiger partial charge in [0.05, 0.1) is 24.5 Å². The highest BCUT2D eigenvalue weighted by atomic mass is 32.2. The molecule has 1 saturated carbocycles. The van der Waals surface area contributed by atoms with Crippen molar-refractivity contribution in [2.75, 3.05) is 7.11 Å². The van der Waals surface area contributed by atoms with Gasteiger partial charge in [-0.05, 0) is 24.5 Å². The molecule has 3 rings (SSSR count). The van der Waals surface area contributed by atoms with Crippen molar-refractivity contribution in [2.24, 2.45) is 0 Å². The summed E-state index contributed by atoms with van der Waals surface area (Å²) in [4.78, 5) is 12.0. The monoisotopic (exact) mass is 309 g/mol. The van der Waals surface area contributed by atoms with E-state index in [1.165, 1.54) is 7.11 Å². The van der Waals surface area contributed by atoms with E-state index in [1.54, 1.807) is 22.5 Å². The summed E-state index contributed by atoms with van der Waals surface area (Å²) in [5.74, 6) is -0.380. The standard InChI is InChI=1S/C15H19NO4S/c1-20-15(17)10-13-12-8-4-5-9-14(12)21(18,19)16(13)11-6-2-3-7-11/h4-5,8-9,11,13H,2-3,6-7,10H2,1H3/t13-/m0/s1. The van der Waals surface area contributed by atoms with E-state index in [0.29, 0.717) is 4.90 Å². The van der Waals surface area contributed by atoms with Crippen LogP contribution >= 0.6 is 0 Å². The number of ether oxygens (including phenoxy) is 1. The quantitative estimate of drug-likeness (QED) is 0.803. The Bertz CT molecular complexity index is 649. The lowest BCUT2D eigenvalue weighted by Gasteiger charge is -2.28. The second-order valence-electron chi connectivity index (χ2n) is 5.61. The number of carbonyl (C=O) groups is 1. The van der Waals surface area contributed by atoms with Gasteiger partial charge in [0, 0.05) is 6.04 Å². The van der Waals surface area contributed by atoms with Gasteiger partial charge in [-0.25, -0.2) is 8.42 Å². The minimum absolute atomic E-state index is 0.00273. The Morgan fingerprint density at radius 2 is 1.95 bits per heavy atom. The Balaban J connectivity index is 2.05. The molecule has 1 aromatic carbocycles. The third kappa shape index (κ3) is 2.36. The molecule has 5 nitrogen and oxygen atoms in total. The lowest BCUT2D eigenvalue weighted by atomic mass is 10.0. The number of benzene rings is 1. The predicted molar refractivity (Wildman–Crippen MR) is 77.1 cm³/mol. The van der Waals surface area contributed by atoms with Crippen LogP contribution in [0.3, 0.4) is 0 Å². The van der Waals surface area contributed by atoms with Crippen LogP contribution in [0.25, 0.3) is 0 Å². The molecule has 2 aliphatic rings. The molecule has 0 bridgehead atoms. The number of carbonyl (C=O) groups excluding carboxylic acids is 1. The van der Waals surface area contributed by atoms with Gasteiger partial charge in [0.1, 0.15) is 0 Å². The normalized spacial score (nSPS) is 24.9. The fourth-order valence-corrected chi connectivity index (χ4v) is 5.57. The van der Waals surface area contributed by atoms with E-state index in [0.717, 1.165) is 31.2 Å². The van der Waals surface area contributed by atoms with Crippen LogP contribution in [-0.2, 0) is 19.6 Å². The maximum Gasteiger partial charge on any atom is 0.307 e. The number of rotatable bonds is 3. The summed E-state index contributed by atoms with van der Waals surface area (Å²) in [6.07, 6.45) is 3.88. The van der Waals surface area contributed by atoms with Crippen molar-refractivity contribution in [2.45, 2.75) is 49.1 Å². The van der Waals surface area contributed by atoms with Crippen LogP contribution in [0.5, 0.6) is 0 Å². The largest absolute Gasteiger partial charge is 0.469 e. The Morgan fingerprint density at radius 1 is 1.29 bits per heavy atom. The zero-order valence-corrected chi connectivity index (χ0v) is 12.8. The first-order valence-electron chi connectivity index (χ1n) is 7.25. The number of hydrogen-bond acceptors (Lipinski definition) is 4. The van der Waals surface area contributed by atoms with Crippen LogP contribution in [0.15, 0.2) is 29.2 Å². The van der Waals surface area contributed by atoms with E-state index in [2.05, 4.69) is 0 Å². The zero-order valence-electron chi connectivity index (χ0n) is 12.0. The smallest absolute Gasteiger partial charge is 0.307 e. The Hall–Kier alpha value is -1.40. The van der Waals surface area contributed by atoms with Gasteiger partial charge in [0.25, 0.3) is 0 Å². The average molecular weight is 309 g/mol. The molecule has 1 heterocycles. The number of sulfonamides is 1. The molecule has 21 heavy (non-hydrogen) atoms. The molecule has 6 heteroatoms. The lowest BCUT2D eigenvalue weighted by Crippen LogP contribution is -2.37. The molecule has 1 aliphatic heterocycles. The Kier molecular flexibility index (Phi) is 3.75. The second-order valence-corrected chi connectivity index (χ2v) is 7.42. The van der Waals surface area contributed by atoms with Crippen LogP contribution in [0.1, 0.15) is 43.7 Å². The molecule has 1 aromatic rings. The molecule has 0 radical (unpaired) electrons. The fraction of sp³-hybridized carbons (Fsp3) is 0.533. The zero-order chi connectivity index (χ0) is 15.0. The second kappa shape index (κ2) is 5.42. The van der Waals surface area contributed by atoms with E-state index < -0.39 is 16.1 Å². The van der Waals surface area contributed by atoms with Crippen LogP contribution in [0, 0.1) is 0 Å². The minimum atomic E-state index is -3.51. The van der Waals surface area contributed by atoms with Crippen LogP contribution in [-0.4, -0.2) is 31.8 Å². The SMILES string of the molecule is COC(=O)C[C@H]1c2ccccc2S(=O)(=O)N1C1CCCC1. The Labute approximate surface area is 124 Å². The highest BCUT2D eigenvalue weighted by Crippen LogP contribution is 2.45. The van der Waals surface area contributed by atoms with Gasteiger partial charge in [0.2, 0.25) is 10.0 Å². The molecule has 1 aliphatic carbocycles. The highest BCUT2D eigenvalue weighted by molar-refractivity contribution is 7.89. The highest BCUT2D eigenvalue weighted by Gasteiger charge is 2.47. The molecule has 1 fully saturated rings. The summed E-state index contributed by atoms with van der Waals surface area (Å²) >= 11 is 0. The third-order valence-corrected chi connectivity index (χ3v) is 6.45. The number of fused-ring (bicyclic) bond motifs is 1. The summed E-state index contributed by atoms with van der Waals surface area (Å²) < 4.78 is 32.0. The molecule has 0 unspecified atom stereocenters. The first-order chi connectivity index (χ1) is 10.1. The first-order valence-corrected chi connectivity index (χ1v) is 8.69. The summed E-state index contributed by atoms with van der Waals surface area (Å²) in [5, 5.41) is 0. The fourth-order valence-electron chi connectivity index (χ4n) is 3.46.